The Kier molecular flexibility index (Phi) is 6.25. The van der Waals surface area contributed by atoms with Crippen LogP contribution >= 0.6 is 11.6 Å². The molecule has 1 saturated heterocycles. The van der Waals surface area contributed by atoms with Gasteiger partial charge in [0.1, 0.15) is 5.82 Å². The first-order chi connectivity index (χ1) is 16.9. The number of aromatic nitrogens is 4. The minimum absolute atomic E-state index is 0.0140. The van der Waals surface area contributed by atoms with Crippen LogP contribution in [0.3, 0.4) is 0 Å². The van der Waals surface area contributed by atoms with E-state index < -0.39 is 5.82 Å². The third-order valence-electron chi connectivity index (χ3n) is 6.54. The summed E-state index contributed by atoms with van der Waals surface area (Å²) in [7, 11) is 1.57. The van der Waals surface area contributed by atoms with Gasteiger partial charge in [-0.05, 0) is 62.6 Å². The summed E-state index contributed by atoms with van der Waals surface area (Å²) in [5.41, 5.74) is 3.57. The molecule has 0 bridgehead atoms. The van der Waals surface area contributed by atoms with E-state index in [-0.39, 0.29) is 17.6 Å². The van der Waals surface area contributed by atoms with Crippen LogP contribution in [0.25, 0.3) is 16.8 Å². The van der Waals surface area contributed by atoms with E-state index in [0.717, 1.165) is 5.56 Å². The van der Waals surface area contributed by atoms with Crippen LogP contribution in [0.2, 0.25) is 5.02 Å². The van der Waals surface area contributed by atoms with Crippen molar-refractivity contribution >= 4 is 17.2 Å². The highest BCUT2D eigenvalue weighted by atomic mass is 35.5. The van der Waals surface area contributed by atoms with Crippen LogP contribution in [0.15, 0.2) is 47.4 Å². The molecule has 4 heterocycles. The second kappa shape index (κ2) is 9.36. The maximum Gasteiger partial charge on any atom is 0.277 e. The summed E-state index contributed by atoms with van der Waals surface area (Å²) in [4.78, 5) is 21.9. The van der Waals surface area contributed by atoms with Gasteiger partial charge in [-0.2, -0.15) is 9.61 Å². The van der Waals surface area contributed by atoms with Crippen molar-refractivity contribution in [1.82, 2.24) is 19.6 Å². The van der Waals surface area contributed by atoms with E-state index in [1.54, 1.807) is 39.3 Å². The Morgan fingerprint density at radius 2 is 2.00 bits per heavy atom. The van der Waals surface area contributed by atoms with Gasteiger partial charge < -0.3 is 9.47 Å². The van der Waals surface area contributed by atoms with Gasteiger partial charge in [-0.1, -0.05) is 11.6 Å². The summed E-state index contributed by atoms with van der Waals surface area (Å²) in [5, 5.41) is 4.99. The molecule has 35 heavy (non-hydrogen) atoms. The third-order valence-corrected chi connectivity index (χ3v) is 6.78. The first kappa shape index (κ1) is 23.4. The summed E-state index contributed by atoms with van der Waals surface area (Å²) >= 11 is 5.99. The summed E-state index contributed by atoms with van der Waals surface area (Å²) in [6.45, 7) is 4.00. The number of rotatable bonds is 4. The van der Waals surface area contributed by atoms with Gasteiger partial charge >= 0.3 is 0 Å². The maximum atomic E-state index is 15.0. The van der Waals surface area contributed by atoms with E-state index in [0.29, 0.717) is 64.1 Å². The fraction of sp³-hybridized carbons (Fsp3) is 0.308. The highest BCUT2D eigenvalue weighted by Crippen LogP contribution is 2.39. The Morgan fingerprint density at radius 1 is 1.17 bits per heavy atom. The van der Waals surface area contributed by atoms with Crippen LogP contribution in [-0.2, 0) is 4.74 Å². The van der Waals surface area contributed by atoms with E-state index in [9.17, 15) is 4.79 Å². The number of aryl methyl sites for hydroxylation is 1. The van der Waals surface area contributed by atoms with Crippen molar-refractivity contribution in [2.75, 3.05) is 13.7 Å². The lowest BCUT2D eigenvalue weighted by molar-refractivity contribution is 0.00432. The van der Waals surface area contributed by atoms with Crippen LogP contribution in [-0.4, -0.2) is 33.3 Å². The normalized spacial score (nSPS) is 18.1. The summed E-state index contributed by atoms with van der Waals surface area (Å²) in [5.74, 6) is 0.0127. The molecule has 4 aromatic rings. The number of nitrogens with zero attached hydrogens (tertiary/aromatic N) is 4. The Hall–Kier alpha value is -3.36. The van der Waals surface area contributed by atoms with Crippen LogP contribution in [0.1, 0.15) is 47.4 Å². The highest BCUT2D eigenvalue weighted by Gasteiger charge is 2.28. The van der Waals surface area contributed by atoms with Crippen LogP contribution in [0, 0.1) is 19.7 Å². The van der Waals surface area contributed by atoms with E-state index >= 15 is 4.39 Å². The average molecular weight is 495 g/mol. The first-order valence-corrected chi connectivity index (χ1v) is 11.7. The molecule has 1 fully saturated rings. The van der Waals surface area contributed by atoms with Crippen molar-refractivity contribution in [2.24, 2.45) is 0 Å². The molecule has 3 aromatic heterocycles. The van der Waals surface area contributed by atoms with Crippen molar-refractivity contribution in [1.29, 1.82) is 0 Å². The second-order valence-corrected chi connectivity index (χ2v) is 9.12. The molecule has 2 atom stereocenters. The lowest BCUT2D eigenvalue weighted by Gasteiger charge is -2.30. The third kappa shape index (κ3) is 4.39. The van der Waals surface area contributed by atoms with Crippen LogP contribution < -0.4 is 10.3 Å². The van der Waals surface area contributed by atoms with E-state index in [1.165, 1.54) is 10.6 Å². The number of hydrogen-bond donors (Lipinski definition) is 0. The fourth-order valence-corrected chi connectivity index (χ4v) is 4.62. The van der Waals surface area contributed by atoms with E-state index in [2.05, 4.69) is 9.97 Å². The Bertz CT molecular complexity index is 1490. The fourth-order valence-electron chi connectivity index (χ4n) is 4.46. The van der Waals surface area contributed by atoms with Crippen molar-refractivity contribution in [3.8, 4) is 17.0 Å². The first-order valence-electron chi connectivity index (χ1n) is 11.3. The van der Waals surface area contributed by atoms with Crippen LogP contribution in [0.4, 0.5) is 4.39 Å². The smallest absolute Gasteiger partial charge is 0.277 e. The number of fused-ring (bicyclic) bond motifs is 1. The molecule has 9 heteroatoms. The molecule has 1 aliphatic heterocycles. The zero-order chi connectivity index (χ0) is 24.7. The summed E-state index contributed by atoms with van der Waals surface area (Å²) in [6, 6.07) is 10.1. The molecule has 0 saturated carbocycles. The van der Waals surface area contributed by atoms with Crippen LogP contribution in [0.5, 0.6) is 5.88 Å². The molecular weight excluding hydrogens is 471 g/mol. The number of pyridine rings is 1. The SMILES string of the molecule is COc1cc([C@H]2C[C@@H](c3cc(-c4ccc(Cl)cc4F)c4nc(C)c(C)c(=O)n4n3)CCO2)ccn1. The van der Waals surface area contributed by atoms with Gasteiger partial charge in [-0.15, -0.1) is 0 Å². The molecule has 0 aliphatic carbocycles. The molecule has 5 rings (SSSR count). The summed E-state index contributed by atoms with van der Waals surface area (Å²) in [6.07, 6.45) is 2.86. The zero-order valence-corrected chi connectivity index (χ0v) is 20.3. The van der Waals surface area contributed by atoms with Crippen molar-refractivity contribution in [2.45, 2.75) is 38.7 Å². The number of hydrogen-bond acceptors (Lipinski definition) is 6. The quantitative estimate of drug-likeness (QED) is 0.388. The molecule has 7 nitrogen and oxygen atoms in total. The minimum atomic E-state index is -0.488. The second-order valence-electron chi connectivity index (χ2n) is 8.68. The monoisotopic (exact) mass is 494 g/mol. The predicted octanol–water partition coefficient (Wildman–Crippen LogP) is 5.20. The van der Waals surface area contributed by atoms with Gasteiger partial charge in [0.25, 0.3) is 5.56 Å². The molecule has 1 aromatic carbocycles. The van der Waals surface area contributed by atoms with Crippen molar-refractivity contribution in [3.05, 3.63) is 86.3 Å². The molecular formula is C26H24ClFN4O3. The van der Waals surface area contributed by atoms with Gasteiger partial charge in [0.2, 0.25) is 5.88 Å². The maximum absolute atomic E-state index is 15.0. The van der Waals surface area contributed by atoms with Gasteiger partial charge in [-0.3, -0.25) is 4.79 Å². The molecule has 180 valence electrons. The number of methoxy groups -OCH3 is 1. The predicted molar refractivity (Wildman–Crippen MR) is 131 cm³/mol. The number of halogens is 2. The Balaban J connectivity index is 1.64. The minimum Gasteiger partial charge on any atom is -0.481 e. The van der Waals surface area contributed by atoms with Gasteiger partial charge in [0.15, 0.2) is 5.65 Å². The van der Waals surface area contributed by atoms with Crippen molar-refractivity contribution < 1.29 is 13.9 Å². The zero-order valence-electron chi connectivity index (χ0n) is 19.6. The Morgan fingerprint density at radius 3 is 2.77 bits per heavy atom. The van der Waals surface area contributed by atoms with Gasteiger partial charge in [0.05, 0.1) is 18.9 Å². The average Bonchev–Trinajstić information content (AvgIpc) is 2.87. The summed E-state index contributed by atoms with van der Waals surface area (Å²) < 4.78 is 27.6. The largest absolute Gasteiger partial charge is 0.481 e. The van der Waals surface area contributed by atoms with E-state index in [4.69, 9.17) is 26.2 Å². The molecule has 0 amide bonds. The lowest BCUT2D eigenvalue weighted by atomic mass is 9.88. The topological polar surface area (TPSA) is 78.6 Å². The number of ether oxygens (including phenoxy) is 2. The highest BCUT2D eigenvalue weighted by molar-refractivity contribution is 6.30. The van der Waals surface area contributed by atoms with Gasteiger partial charge in [-0.25, -0.2) is 14.4 Å². The molecule has 0 unspecified atom stereocenters. The lowest BCUT2D eigenvalue weighted by Crippen LogP contribution is -2.25. The molecule has 0 spiro atoms. The van der Waals surface area contributed by atoms with Gasteiger partial charge in [0, 0.05) is 52.2 Å². The molecule has 1 aliphatic rings. The standard InChI is InChI=1S/C26H24ClFN4O3/c1-14-15(2)30-25-20(19-5-4-18(27)12-21(19)28)13-22(31-32(25)26(14)33)16-7-9-35-23(10-16)17-6-8-29-24(11-17)34-3/h4-6,8,11-13,16,23H,7,9-10H2,1-3H3/t16-,23+/m0/s1. The molecule has 0 N–H and O–H groups in total. The Labute approximate surface area is 206 Å². The van der Waals surface area contributed by atoms with E-state index in [1.807, 2.05) is 18.2 Å². The number of benzene rings is 1. The molecule has 0 radical (unpaired) electrons. The van der Waals surface area contributed by atoms with Crippen molar-refractivity contribution in [3.63, 3.8) is 0 Å².